The summed E-state index contributed by atoms with van der Waals surface area (Å²) in [6, 6.07) is 16.4. The van der Waals surface area contributed by atoms with E-state index < -0.39 is 0 Å². The second-order valence-electron chi connectivity index (χ2n) is 6.35. The molecule has 2 aromatic rings. The molecule has 0 atom stereocenters. The first kappa shape index (κ1) is 21.8. The van der Waals surface area contributed by atoms with Crippen LogP contribution in [0.1, 0.15) is 43.9 Å². The molecule has 0 radical (unpaired) electrons. The number of aliphatic hydroxyl groups is 1. The lowest BCUT2D eigenvalue weighted by Crippen LogP contribution is -2.08. The first-order chi connectivity index (χ1) is 14.0. The summed E-state index contributed by atoms with van der Waals surface area (Å²) in [7, 11) is 0. The Hall–Kier alpha value is -3.52. The number of hydrogen-bond acceptors (Lipinski definition) is 5. The van der Waals surface area contributed by atoms with Crippen molar-refractivity contribution in [2.45, 2.75) is 33.6 Å². The summed E-state index contributed by atoms with van der Waals surface area (Å²) in [5, 5.41) is 19.6. The third-order valence-corrected chi connectivity index (χ3v) is 4.18. The van der Waals surface area contributed by atoms with Gasteiger partial charge in [0.15, 0.2) is 0 Å². The van der Waals surface area contributed by atoms with Gasteiger partial charge >= 0.3 is 5.97 Å². The lowest BCUT2D eigenvalue weighted by Gasteiger charge is -2.13. The molecule has 2 aromatic carbocycles. The van der Waals surface area contributed by atoms with Crippen LogP contribution < -0.4 is 4.74 Å². The fraction of sp³-hybridized carbons (Fsp3) is 0.250. The van der Waals surface area contributed by atoms with Crippen LogP contribution in [0, 0.1) is 11.3 Å². The van der Waals surface area contributed by atoms with Crippen LogP contribution in [0.25, 0.3) is 5.57 Å². The number of ether oxygens (including phenoxy) is 2. The molecule has 0 aliphatic carbocycles. The van der Waals surface area contributed by atoms with Crippen LogP contribution >= 0.6 is 0 Å². The van der Waals surface area contributed by atoms with Gasteiger partial charge in [-0.15, -0.1) is 0 Å². The highest BCUT2D eigenvalue weighted by atomic mass is 16.5. The summed E-state index contributed by atoms with van der Waals surface area (Å²) in [5.41, 5.74) is 2.54. The number of nitrogens with zero attached hydrogens (tertiary/aromatic N) is 1. The predicted octanol–water partition coefficient (Wildman–Crippen LogP) is 5.33. The summed E-state index contributed by atoms with van der Waals surface area (Å²) >= 11 is 0. The minimum absolute atomic E-state index is 0.115. The summed E-state index contributed by atoms with van der Waals surface area (Å²) in [5.74, 6) is 0.972. The number of carbonyl (C=O) groups excluding carboxylic acids is 1. The summed E-state index contributed by atoms with van der Waals surface area (Å²) in [6.07, 6.45) is 2.29. The van der Waals surface area contributed by atoms with Crippen LogP contribution in [0.5, 0.6) is 5.75 Å². The molecule has 0 saturated carbocycles. The van der Waals surface area contributed by atoms with Crippen LogP contribution in [-0.2, 0) is 16.0 Å². The van der Waals surface area contributed by atoms with Gasteiger partial charge in [-0.25, -0.2) is 0 Å². The second-order valence-corrected chi connectivity index (χ2v) is 6.35. The van der Waals surface area contributed by atoms with Crippen LogP contribution in [0.4, 0.5) is 0 Å². The van der Waals surface area contributed by atoms with Gasteiger partial charge in [0.25, 0.3) is 0 Å². The van der Waals surface area contributed by atoms with Crippen molar-refractivity contribution in [2.75, 3.05) is 6.61 Å². The molecule has 0 fully saturated rings. The van der Waals surface area contributed by atoms with E-state index >= 15 is 0 Å². The number of nitriles is 1. The normalized spacial score (nSPS) is 12.0. The van der Waals surface area contributed by atoms with Gasteiger partial charge in [-0.3, -0.25) is 4.79 Å². The maximum Gasteiger partial charge on any atom is 0.310 e. The number of esters is 1. The van der Waals surface area contributed by atoms with Crippen molar-refractivity contribution in [3.05, 3.63) is 82.8 Å². The van der Waals surface area contributed by atoms with Gasteiger partial charge in [-0.2, -0.15) is 5.26 Å². The molecule has 5 nitrogen and oxygen atoms in total. The quantitative estimate of drug-likeness (QED) is 0.374. The molecule has 0 unspecified atom stereocenters. The number of rotatable bonds is 8. The standard InChI is InChI=1S/C24H25NO4/c1-4-22(26)21(19-11-8-9-18(14-19)16-25)13-17(3)29-23-12-7-6-10-20(23)15-24(27)28-5-2/h6-14,26H,4-5,15H2,1-3H3/b17-13+,22-21-. The van der Waals surface area contributed by atoms with Gasteiger partial charge in [0.05, 0.1) is 30.4 Å². The van der Waals surface area contributed by atoms with E-state index in [1.165, 1.54) is 0 Å². The molecule has 0 aliphatic rings. The maximum absolute atomic E-state index is 11.8. The average molecular weight is 391 g/mol. The van der Waals surface area contributed by atoms with Crippen LogP contribution in [-0.4, -0.2) is 17.7 Å². The predicted molar refractivity (Wildman–Crippen MR) is 112 cm³/mol. The van der Waals surface area contributed by atoms with Crippen molar-refractivity contribution in [3.8, 4) is 11.8 Å². The highest BCUT2D eigenvalue weighted by molar-refractivity contribution is 5.77. The third-order valence-electron chi connectivity index (χ3n) is 4.18. The Morgan fingerprint density at radius 1 is 1.17 bits per heavy atom. The van der Waals surface area contributed by atoms with E-state index in [-0.39, 0.29) is 18.1 Å². The molecule has 0 aliphatic heterocycles. The Labute approximate surface area is 171 Å². The molecule has 5 heteroatoms. The number of benzene rings is 2. The number of aliphatic hydroxyl groups excluding tert-OH is 1. The van der Waals surface area contributed by atoms with E-state index in [9.17, 15) is 9.90 Å². The van der Waals surface area contributed by atoms with Gasteiger partial charge in [-0.1, -0.05) is 37.3 Å². The molecule has 0 aromatic heterocycles. The number of carbonyl (C=O) groups is 1. The van der Waals surface area contributed by atoms with Crippen molar-refractivity contribution in [1.29, 1.82) is 5.26 Å². The molecule has 0 heterocycles. The van der Waals surface area contributed by atoms with Crippen LogP contribution in [0.2, 0.25) is 0 Å². The minimum atomic E-state index is -0.317. The minimum Gasteiger partial charge on any atom is -0.512 e. The Kier molecular flexibility index (Phi) is 8.05. The Morgan fingerprint density at radius 3 is 2.62 bits per heavy atom. The fourth-order valence-electron chi connectivity index (χ4n) is 2.80. The average Bonchev–Trinajstić information content (AvgIpc) is 2.73. The van der Waals surface area contributed by atoms with Gasteiger partial charge in [0.1, 0.15) is 11.5 Å². The van der Waals surface area contributed by atoms with E-state index in [2.05, 4.69) is 6.07 Å². The molecule has 0 amide bonds. The smallest absolute Gasteiger partial charge is 0.310 e. The first-order valence-electron chi connectivity index (χ1n) is 9.50. The molecule has 29 heavy (non-hydrogen) atoms. The van der Waals surface area contributed by atoms with Crippen LogP contribution in [0.3, 0.4) is 0 Å². The van der Waals surface area contributed by atoms with E-state index in [0.717, 1.165) is 11.1 Å². The monoisotopic (exact) mass is 391 g/mol. The largest absolute Gasteiger partial charge is 0.512 e. The van der Waals surface area contributed by atoms with E-state index in [0.29, 0.717) is 35.7 Å². The molecule has 1 N–H and O–H groups in total. The highest BCUT2D eigenvalue weighted by Crippen LogP contribution is 2.26. The Balaban J connectivity index is 2.33. The second kappa shape index (κ2) is 10.7. The SMILES string of the molecule is CCOC(=O)Cc1ccccc1O/C(C)=C/C(=C(/O)CC)c1cccc(C#N)c1. The number of hydrogen-bond donors (Lipinski definition) is 1. The van der Waals surface area contributed by atoms with Crippen molar-refractivity contribution in [1.82, 2.24) is 0 Å². The zero-order valence-electron chi connectivity index (χ0n) is 16.9. The topological polar surface area (TPSA) is 79.6 Å². The molecule has 0 bridgehead atoms. The number of para-hydroxylation sites is 1. The van der Waals surface area contributed by atoms with Gasteiger partial charge in [0, 0.05) is 17.6 Å². The molecular formula is C24H25NO4. The zero-order chi connectivity index (χ0) is 21.2. The maximum atomic E-state index is 11.8. The van der Waals surface area contributed by atoms with E-state index in [4.69, 9.17) is 14.7 Å². The third kappa shape index (κ3) is 6.25. The van der Waals surface area contributed by atoms with Crippen molar-refractivity contribution >= 4 is 11.5 Å². The molecule has 0 spiro atoms. The Bertz CT molecular complexity index is 967. The lowest BCUT2D eigenvalue weighted by atomic mass is 10.0. The molecule has 0 saturated heterocycles. The molecule has 150 valence electrons. The summed E-state index contributed by atoms with van der Waals surface area (Å²) in [6.45, 7) is 5.72. The fourth-order valence-corrected chi connectivity index (χ4v) is 2.80. The van der Waals surface area contributed by atoms with Gasteiger partial charge < -0.3 is 14.6 Å². The Morgan fingerprint density at radius 2 is 1.93 bits per heavy atom. The summed E-state index contributed by atoms with van der Waals surface area (Å²) < 4.78 is 11.0. The molecule has 2 rings (SSSR count). The number of allylic oxidation sites excluding steroid dienone is 4. The summed E-state index contributed by atoms with van der Waals surface area (Å²) in [4.78, 5) is 11.8. The lowest BCUT2D eigenvalue weighted by molar-refractivity contribution is -0.142. The highest BCUT2D eigenvalue weighted by Gasteiger charge is 2.12. The van der Waals surface area contributed by atoms with E-state index in [1.807, 2.05) is 31.2 Å². The van der Waals surface area contributed by atoms with Crippen molar-refractivity contribution in [2.24, 2.45) is 0 Å². The van der Waals surface area contributed by atoms with Gasteiger partial charge in [-0.05, 0) is 43.7 Å². The van der Waals surface area contributed by atoms with E-state index in [1.54, 1.807) is 44.2 Å². The van der Waals surface area contributed by atoms with Crippen molar-refractivity contribution in [3.63, 3.8) is 0 Å². The first-order valence-corrected chi connectivity index (χ1v) is 9.50. The molecular weight excluding hydrogens is 366 g/mol. The van der Waals surface area contributed by atoms with Gasteiger partial charge in [0.2, 0.25) is 0 Å². The zero-order valence-corrected chi connectivity index (χ0v) is 16.9. The van der Waals surface area contributed by atoms with Crippen LogP contribution in [0.15, 0.2) is 66.1 Å². The van der Waals surface area contributed by atoms with Crippen molar-refractivity contribution < 1.29 is 19.4 Å².